The van der Waals surface area contributed by atoms with Crippen LogP contribution in [0.25, 0.3) is 0 Å². The fourth-order valence-corrected chi connectivity index (χ4v) is 7.43. The quantitative estimate of drug-likeness (QED) is 0.825. The Balaban J connectivity index is 2.62. The van der Waals surface area contributed by atoms with Gasteiger partial charge in [-0.25, -0.2) is 0 Å². The van der Waals surface area contributed by atoms with Crippen LogP contribution in [0.1, 0.15) is 13.3 Å². The van der Waals surface area contributed by atoms with E-state index in [4.69, 9.17) is 5.11 Å². The normalized spacial score (nSPS) is 11.8. The van der Waals surface area contributed by atoms with Crippen molar-refractivity contribution in [3.8, 4) is 0 Å². The van der Waals surface area contributed by atoms with E-state index < -0.39 is 30.5 Å². The van der Waals surface area contributed by atoms with Gasteiger partial charge in [0.05, 0.1) is 0 Å². The van der Waals surface area contributed by atoms with E-state index in [1.165, 1.54) is 3.07 Å². The number of carboxylic acid groups (broad SMARTS) is 1. The van der Waals surface area contributed by atoms with Gasteiger partial charge in [0.1, 0.15) is 0 Å². The first-order valence-electron chi connectivity index (χ1n) is 4.50. The minimum atomic E-state index is -1.41. The molecule has 2 nitrogen and oxygen atoms in total. The summed E-state index contributed by atoms with van der Waals surface area (Å²) in [6.45, 7) is 1.96. The fraction of sp³-hybridized carbons (Fsp3) is 0.300. The van der Waals surface area contributed by atoms with Gasteiger partial charge in [-0.1, -0.05) is 0 Å². The van der Waals surface area contributed by atoms with Crippen LogP contribution >= 0.6 is 0 Å². The van der Waals surface area contributed by atoms with Gasteiger partial charge in [-0.15, -0.1) is 0 Å². The van der Waals surface area contributed by atoms with Gasteiger partial charge < -0.3 is 0 Å². The minimum absolute atomic E-state index is 0.0256. The summed E-state index contributed by atoms with van der Waals surface area (Å²) in [4.78, 5) is 10.8. The van der Waals surface area contributed by atoms with Crippen molar-refractivity contribution in [3.63, 3.8) is 0 Å². The van der Waals surface area contributed by atoms with Crippen LogP contribution in [0, 0.1) is 0 Å². The van der Waals surface area contributed by atoms with E-state index in [-0.39, 0.29) is 3.43 Å². The van der Waals surface area contributed by atoms with E-state index in [0.29, 0.717) is 0 Å². The molecule has 0 aliphatic carbocycles. The van der Waals surface area contributed by atoms with Crippen molar-refractivity contribution in [2.75, 3.05) is 0 Å². The number of rotatable bonds is 4. The topological polar surface area (TPSA) is 37.3 Å². The van der Waals surface area contributed by atoms with Gasteiger partial charge in [-0.3, -0.25) is 0 Å². The Kier molecular flexibility index (Phi) is 4.43. The molecular formula is C10H12HgO2. The Morgan fingerprint density at radius 1 is 1.46 bits per heavy atom. The van der Waals surface area contributed by atoms with Crippen molar-refractivity contribution in [2.45, 2.75) is 16.8 Å². The summed E-state index contributed by atoms with van der Waals surface area (Å²) in [6.07, 6.45) is 0.784. The van der Waals surface area contributed by atoms with Crippen LogP contribution in [0.2, 0.25) is 3.43 Å². The second-order valence-corrected chi connectivity index (χ2v) is 11.7. The molecule has 0 radical (unpaired) electrons. The van der Waals surface area contributed by atoms with Crippen molar-refractivity contribution in [1.82, 2.24) is 0 Å². The molecule has 1 rings (SSSR count). The molecule has 0 aliphatic rings. The zero-order valence-electron chi connectivity index (χ0n) is 7.73. The second-order valence-electron chi connectivity index (χ2n) is 3.13. The molecule has 13 heavy (non-hydrogen) atoms. The molecule has 0 saturated carbocycles. The SMILES string of the molecule is CC[CH]([Hg][c]1ccccc1)C(=O)O. The molecule has 0 bridgehead atoms. The summed E-state index contributed by atoms with van der Waals surface area (Å²) < 4.78 is 1.29. The molecule has 3 heteroatoms. The van der Waals surface area contributed by atoms with Gasteiger partial charge in [0.25, 0.3) is 0 Å². The van der Waals surface area contributed by atoms with Crippen LogP contribution < -0.4 is 3.07 Å². The molecule has 0 spiro atoms. The van der Waals surface area contributed by atoms with Crippen molar-refractivity contribution < 1.29 is 34.5 Å². The Morgan fingerprint density at radius 3 is 2.54 bits per heavy atom. The molecule has 0 amide bonds. The van der Waals surface area contributed by atoms with Crippen molar-refractivity contribution in [2.24, 2.45) is 0 Å². The van der Waals surface area contributed by atoms with Gasteiger partial charge in [-0.05, 0) is 0 Å². The van der Waals surface area contributed by atoms with Crippen LogP contribution in [-0.2, 0) is 29.4 Å². The van der Waals surface area contributed by atoms with Crippen LogP contribution in [0.15, 0.2) is 30.3 Å². The Hall–Kier alpha value is -0.375. The zero-order valence-corrected chi connectivity index (χ0v) is 13.2. The van der Waals surface area contributed by atoms with E-state index in [2.05, 4.69) is 12.1 Å². The molecule has 0 saturated heterocycles. The molecule has 1 N–H and O–H groups in total. The number of carboxylic acids is 1. The first kappa shape index (κ1) is 10.7. The maximum atomic E-state index is 10.8. The van der Waals surface area contributed by atoms with Crippen molar-refractivity contribution in [3.05, 3.63) is 30.3 Å². The fourth-order valence-electron chi connectivity index (χ4n) is 1.30. The first-order chi connectivity index (χ1) is 6.24. The predicted molar refractivity (Wildman–Crippen MR) is 47.8 cm³/mol. The summed E-state index contributed by atoms with van der Waals surface area (Å²) in [5.74, 6) is -0.604. The first-order valence-corrected chi connectivity index (χ1v) is 10.4. The van der Waals surface area contributed by atoms with Crippen LogP contribution in [0.4, 0.5) is 0 Å². The number of hydrogen-bond acceptors (Lipinski definition) is 1. The monoisotopic (exact) mass is 366 g/mol. The molecular weight excluding hydrogens is 353 g/mol. The molecule has 0 fully saturated rings. The van der Waals surface area contributed by atoms with Gasteiger partial charge >= 0.3 is 90.6 Å². The standard InChI is InChI=1S/C6H5.C4H7O2.Hg/c1-2-4-6-5-3-1;1-2-3-4(5)6;/h1-5H;3H,2H2,1H3,(H,5,6);. The Labute approximate surface area is 90.4 Å². The summed E-state index contributed by atoms with van der Waals surface area (Å²) in [7, 11) is 0. The summed E-state index contributed by atoms with van der Waals surface area (Å²) in [5.41, 5.74) is 0. The Bertz CT molecular complexity index is 272. The van der Waals surface area contributed by atoms with Crippen LogP contribution in [0.3, 0.4) is 0 Å². The molecule has 1 aromatic rings. The zero-order chi connectivity index (χ0) is 9.68. The van der Waals surface area contributed by atoms with Crippen LogP contribution in [0.5, 0.6) is 0 Å². The predicted octanol–water partition coefficient (Wildman–Crippen LogP) is 1.68. The summed E-state index contributed by atoms with van der Waals surface area (Å²) in [6, 6.07) is 10.1. The second kappa shape index (κ2) is 5.38. The third kappa shape index (κ3) is 3.47. The number of aliphatic carboxylic acids is 1. The van der Waals surface area contributed by atoms with E-state index in [0.717, 1.165) is 6.42 Å². The van der Waals surface area contributed by atoms with Crippen LogP contribution in [-0.4, -0.2) is 11.1 Å². The molecule has 1 aromatic carbocycles. The maximum absolute atomic E-state index is 10.8. The third-order valence-corrected chi connectivity index (χ3v) is 11.3. The molecule has 66 valence electrons. The van der Waals surface area contributed by atoms with E-state index in [1.54, 1.807) is 0 Å². The average molecular weight is 365 g/mol. The van der Waals surface area contributed by atoms with E-state index in [9.17, 15) is 4.79 Å². The Morgan fingerprint density at radius 2 is 2.08 bits per heavy atom. The van der Waals surface area contributed by atoms with E-state index >= 15 is 0 Å². The molecule has 0 aliphatic heterocycles. The molecule has 1 atom stereocenters. The molecule has 1 unspecified atom stereocenters. The van der Waals surface area contributed by atoms with Gasteiger partial charge in [0, 0.05) is 0 Å². The van der Waals surface area contributed by atoms with Crippen molar-refractivity contribution in [1.29, 1.82) is 0 Å². The molecule has 0 heterocycles. The van der Waals surface area contributed by atoms with Crippen molar-refractivity contribution >= 4 is 9.04 Å². The number of hydrogen-bond donors (Lipinski definition) is 1. The van der Waals surface area contributed by atoms with Gasteiger partial charge in [0.2, 0.25) is 0 Å². The van der Waals surface area contributed by atoms with Gasteiger partial charge in [-0.2, -0.15) is 0 Å². The summed E-state index contributed by atoms with van der Waals surface area (Å²) >= 11 is -1.41. The molecule has 0 aromatic heterocycles. The number of benzene rings is 1. The van der Waals surface area contributed by atoms with E-state index in [1.807, 2.05) is 25.1 Å². The summed E-state index contributed by atoms with van der Waals surface area (Å²) in [5, 5.41) is 8.89. The van der Waals surface area contributed by atoms with Gasteiger partial charge in [0.15, 0.2) is 0 Å². The average Bonchev–Trinajstić information content (AvgIpc) is 2.15. The third-order valence-electron chi connectivity index (χ3n) is 2.17. The number of carbonyl (C=O) groups is 1.